The number of methoxy groups -OCH3 is 2. The number of carbonyl (C=O) groups excluding carboxylic acids is 1. The number of fused-ring (bicyclic) bond motifs is 1. The molecule has 0 spiro atoms. The van der Waals surface area contributed by atoms with Crippen molar-refractivity contribution in [2.75, 3.05) is 23.8 Å². The molecule has 2 heterocycles. The Kier molecular flexibility index (Phi) is 6.33. The molecule has 0 fully saturated rings. The number of allylic oxidation sites excluding steroid dienone is 1. The van der Waals surface area contributed by atoms with Crippen LogP contribution in [0.1, 0.15) is 15.2 Å². The molecule has 0 radical (unpaired) electrons. The number of ketones is 1. The Morgan fingerprint density at radius 3 is 2.61 bits per heavy atom. The van der Waals surface area contributed by atoms with Crippen molar-refractivity contribution in [3.05, 3.63) is 80.2 Å². The highest BCUT2D eigenvalue weighted by molar-refractivity contribution is 7.97. The molecule has 0 amide bonds. The highest BCUT2D eigenvalue weighted by Crippen LogP contribution is 2.40. The lowest BCUT2D eigenvalue weighted by Gasteiger charge is -2.29. The van der Waals surface area contributed by atoms with Gasteiger partial charge in [-0.3, -0.25) is 9.10 Å². The minimum Gasteiger partial charge on any atom is -0.495 e. The fraction of sp³-hybridized carbons (Fsp3) is 0.136. The zero-order chi connectivity index (χ0) is 23.8. The molecule has 0 atom stereocenters. The molecular weight excluding hydrogens is 491 g/mol. The van der Waals surface area contributed by atoms with Crippen LogP contribution in [0.3, 0.4) is 0 Å². The summed E-state index contributed by atoms with van der Waals surface area (Å²) in [6.07, 6.45) is 1.11. The fourth-order valence-electron chi connectivity index (χ4n) is 3.37. The lowest BCUT2D eigenvalue weighted by atomic mass is 10.2. The van der Waals surface area contributed by atoms with Gasteiger partial charge in [0.25, 0.3) is 10.0 Å². The summed E-state index contributed by atoms with van der Waals surface area (Å²) in [5.74, 6) is -0.411. The largest absolute Gasteiger partial charge is 0.495 e. The number of sulfonamides is 1. The van der Waals surface area contributed by atoms with Crippen molar-refractivity contribution in [2.45, 2.75) is 6.54 Å². The maximum absolute atomic E-state index is 13.7. The number of Topliss-reactive ketones (excluding diaryl/α,β-unsaturated/α-hetero) is 1. The Morgan fingerprint density at radius 1 is 1.15 bits per heavy atom. The van der Waals surface area contributed by atoms with Gasteiger partial charge >= 0.3 is 0 Å². The van der Waals surface area contributed by atoms with Gasteiger partial charge < -0.3 is 14.8 Å². The molecule has 1 aliphatic heterocycles. The van der Waals surface area contributed by atoms with E-state index in [1.54, 1.807) is 17.5 Å². The molecule has 0 saturated carbocycles. The summed E-state index contributed by atoms with van der Waals surface area (Å²) in [7, 11) is -1.37. The molecule has 0 bridgehead atoms. The van der Waals surface area contributed by atoms with Gasteiger partial charge in [0.05, 0.1) is 37.2 Å². The third kappa shape index (κ3) is 4.29. The Labute approximate surface area is 199 Å². The minimum atomic E-state index is -4.25. The summed E-state index contributed by atoms with van der Waals surface area (Å²) in [5, 5.41) is 4.73. The van der Waals surface area contributed by atoms with Crippen LogP contribution in [0.15, 0.2) is 58.9 Å². The van der Waals surface area contributed by atoms with Crippen LogP contribution in [0.2, 0.25) is 5.02 Å². The molecule has 1 aromatic heterocycles. The van der Waals surface area contributed by atoms with Crippen LogP contribution in [-0.2, 0) is 16.6 Å². The normalized spacial score (nSPS) is 15.9. The van der Waals surface area contributed by atoms with E-state index >= 15 is 0 Å². The van der Waals surface area contributed by atoms with Crippen molar-refractivity contribution >= 4 is 50.1 Å². The van der Waals surface area contributed by atoms with E-state index in [9.17, 15) is 17.6 Å². The van der Waals surface area contributed by atoms with Gasteiger partial charge in [-0.1, -0.05) is 23.7 Å². The van der Waals surface area contributed by atoms with Crippen molar-refractivity contribution in [1.29, 1.82) is 0 Å². The minimum absolute atomic E-state index is 0.133. The van der Waals surface area contributed by atoms with E-state index in [-0.39, 0.29) is 22.1 Å². The first-order valence-corrected chi connectivity index (χ1v) is 12.2. The summed E-state index contributed by atoms with van der Waals surface area (Å²) >= 11 is 7.31. The molecule has 11 heteroatoms. The van der Waals surface area contributed by atoms with Gasteiger partial charge in [-0.05, 0) is 35.2 Å². The van der Waals surface area contributed by atoms with Crippen LogP contribution in [0.25, 0.3) is 0 Å². The number of rotatable bonds is 6. The van der Waals surface area contributed by atoms with Crippen LogP contribution in [0.4, 0.5) is 15.8 Å². The number of anilines is 2. The van der Waals surface area contributed by atoms with Gasteiger partial charge in [0, 0.05) is 12.3 Å². The summed E-state index contributed by atoms with van der Waals surface area (Å²) in [5.41, 5.74) is 1.05. The maximum Gasteiger partial charge on any atom is 0.270 e. The predicted octanol–water partition coefficient (Wildman–Crippen LogP) is 5.04. The first-order valence-electron chi connectivity index (χ1n) is 9.54. The molecule has 0 aliphatic carbocycles. The standard InChI is InChI=1S/C22H18ClFN2O5S2/c1-30-18-10-19(31-2)16(9-15(18)23)25-11-20-21(27)22-17(6-7-32-22)26(33(20,28)29)12-13-4-3-5-14(24)8-13/h3-11,25H,12H2,1-2H3. The van der Waals surface area contributed by atoms with E-state index in [0.717, 1.165) is 21.8 Å². The molecule has 1 N–H and O–H groups in total. The van der Waals surface area contributed by atoms with Crippen LogP contribution >= 0.6 is 22.9 Å². The molecule has 172 valence electrons. The highest BCUT2D eigenvalue weighted by Gasteiger charge is 2.41. The molecule has 0 saturated heterocycles. The number of carbonyl (C=O) groups is 1. The molecular formula is C22H18ClFN2O5S2. The van der Waals surface area contributed by atoms with Gasteiger partial charge in [-0.2, -0.15) is 0 Å². The Hall–Kier alpha value is -3.08. The average Bonchev–Trinajstić information content (AvgIpc) is 3.26. The quantitative estimate of drug-likeness (QED) is 0.469. The number of hydrogen-bond acceptors (Lipinski definition) is 7. The topological polar surface area (TPSA) is 84.9 Å². The number of hydrogen-bond donors (Lipinski definition) is 1. The summed E-state index contributed by atoms with van der Waals surface area (Å²) < 4.78 is 52.1. The third-order valence-corrected chi connectivity index (χ3v) is 7.92. The van der Waals surface area contributed by atoms with Gasteiger partial charge in [-0.15, -0.1) is 11.3 Å². The van der Waals surface area contributed by atoms with Crippen LogP contribution < -0.4 is 19.1 Å². The van der Waals surface area contributed by atoms with Crippen molar-refractivity contribution in [3.8, 4) is 11.5 Å². The van der Waals surface area contributed by atoms with E-state index in [1.165, 1.54) is 44.6 Å². The predicted molar refractivity (Wildman–Crippen MR) is 126 cm³/mol. The number of thiophene rings is 1. The zero-order valence-corrected chi connectivity index (χ0v) is 19.9. The molecule has 3 aromatic rings. The van der Waals surface area contributed by atoms with E-state index in [0.29, 0.717) is 22.7 Å². The SMILES string of the molecule is COc1cc(OC)c(NC=C2C(=O)c3sccc3N(Cc3cccc(F)c3)S2(=O)=O)cc1Cl. The maximum atomic E-state index is 13.7. The van der Waals surface area contributed by atoms with Crippen molar-refractivity contribution in [2.24, 2.45) is 0 Å². The van der Waals surface area contributed by atoms with Gasteiger partial charge in [0.15, 0.2) is 4.91 Å². The molecule has 1 aliphatic rings. The van der Waals surface area contributed by atoms with Crippen molar-refractivity contribution in [1.82, 2.24) is 0 Å². The summed E-state index contributed by atoms with van der Waals surface area (Å²) in [6, 6.07) is 10.2. The van der Waals surface area contributed by atoms with E-state index in [4.69, 9.17) is 21.1 Å². The summed E-state index contributed by atoms with van der Waals surface area (Å²) in [4.78, 5) is 12.9. The smallest absolute Gasteiger partial charge is 0.270 e. The zero-order valence-electron chi connectivity index (χ0n) is 17.5. The molecule has 0 unspecified atom stereocenters. The van der Waals surface area contributed by atoms with Crippen LogP contribution in [0.5, 0.6) is 11.5 Å². The molecule has 2 aromatic carbocycles. The number of ether oxygens (including phenoxy) is 2. The molecule has 33 heavy (non-hydrogen) atoms. The van der Waals surface area contributed by atoms with Crippen molar-refractivity contribution < 1.29 is 27.1 Å². The number of nitrogens with one attached hydrogen (secondary N) is 1. The Morgan fingerprint density at radius 2 is 1.91 bits per heavy atom. The van der Waals surface area contributed by atoms with E-state index in [2.05, 4.69) is 5.32 Å². The fourth-order valence-corrected chi connectivity index (χ4v) is 6.10. The molecule has 7 nitrogen and oxygen atoms in total. The van der Waals surface area contributed by atoms with E-state index < -0.39 is 26.5 Å². The second-order valence-corrected chi connectivity index (χ2v) is 10.1. The van der Waals surface area contributed by atoms with Crippen LogP contribution in [0, 0.1) is 5.82 Å². The lowest BCUT2D eigenvalue weighted by molar-refractivity contribution is 0.104. The number of nitrogens with zero attached hydrogens (tertiary/aromatic N) is 1. The third-order valence-electron chi connectivity index (χ3n) is 4.96. The van der Waals surface area contributed by atoms with Crippen LogP contribution in [-0.4, -0.2) is 28.4 Å². The first kappa shape index (κ1) is 23.1. The van der Waals surface area contributed by atoms with E-state index in [1.807, 2.05) is 0 Å². The van der Waals surface area contributed by atoms with Crippen molar-refractivity contribution in [3.63, 3.8) is 0 Å². The number of benzene rings is 2. The average molecular weight is 509 g/mol. The van der Waals surface area contributed by atoms with Gasteiger partial charge in [0.1, 0.15) is 22.2 Å². The van der Waals surface area contributed by atoms with Gasteiger partial charge in [0.2, 0.25) is 5.78 Å². The highest BCUT2D eigenvalue weighted by atomic mass is 35.5. The lowest BCUT2D eigenvalue weighted by Crippen LogP contribution is -2.38. The monoisotopic (exact) mass is 508 g/mol. The number of halogens is 2. The summed E-state index contributed by atoms with van der Waals surface area (Å²) in [6.45, 7) is -0.133. The Balaban J connectivity index is 1.76. The molecule has 4 rings (SSSR count). The Bertz CT molecular complexity index is 1370. The second-order valence-electron chi connectivity index (χ2n) is 6.95. The van der Waals surface area contributed by atoms with Gasteiger partial charge in [-0.25, -0.2) is 12.8 Å². The first-order chi connectivity index (χ1) is 15.8. The second kappa shape index (κ2) is 9.05.